The van der Waals surface area contributed by atoms with Crippen molar-refractivity contribution in [2.24, 2.45) is 0 Å². The number of quaternary nitrogens is 1. The first kappa shape index (κ1) is 19.0. The van der Waals surface area contributed by atoms with Crippen molar-refractivity contribution < 1.29 is 23.5 Å². The molecule has 0 saturated carbocycles. The summed E-state index contributed by atoms with van der Waals surface area (Å²) in [5, 5.41) is 0.965. The molecule has 0 spiro atoms. The zero-order valence-electron chi connectivity index (χ0n) is 17.1. The Balaban J connectivity index is 1.45. The minimum atomic E-state index is -0.323. The molecule has 5 rings (SSSR count). The molecule has 1 aromatic heterocycles. The molecular formula is C24H26NO5+. The van der Waals surface area contributed by atoms with Gasteiger partial charge in [0.05, 0.1) is 26.9 Å². The van der Waals surface area contributed by atoms with E-state index in [9.17, 15) is 4.79 Å². The van der Waals surface area contributed by atoms with Crippen LogP contribution in [0.1, 0.15) is 36.4 Å². The van der Waals surface area contributed by atoms with Gasteiger partial charge in [-0.05, 0) is 30.3 Å². The van der Waals surface area contributed by atoms with E-state index in [0.29, 0.717) is 30.6 Å². The molecule has 0 amide bonds. The van der Waals surface area contributed by atoms with Crippen LogP contribution >= 0.6 is 0 Å². The van der Waals surface area contributed by atoms with Crippen molar-refractivity contribution in [2.75, 3.05) is 26.9 Å². The van der Waals surface area contributed by atoms with Crippen LogP contribution in [0.2, 0.25) is 0 Å². The lowest BCUT2D eigenvalue weighted by Crippen LogP contribution is -3.08. The van der Waals surface area contributed by atoms with Crippen molar-refractivity contribution in [2.45, 2.75) is 31.8 Å². The standard InChI is InChI=1S/C24H25NO5/c1-27-18-6-7-19-17(13-24(26)30-22(19)14-18)15-25-9-2-4-20(25)16-5-8-21-23(12-16)29-11-3-10-28-21/h5-8,12-14,20H,2-4,9-11,15H2,1H3/p+1/t20-/m1/s1. The molecule has 1 N–H and O–H groups in total. The van der Waals surface area contributed by atoms with E-state index < -0.39 is 0 Å². The van der Waals surface area contributed by atoms with Crippen LogP contribution in [0, 0.1) is 0 Å². The summed E-state index contributed by atoms with van der Waals surface area (Å²) in [5.74, 6) is 2.35. The molecule has 6 heteroatoms. The maximum atomic E-state index is 12.2. The molecule has 2 aliphatic heterocycles. The molecule has 1 unspecified atom stereocenters. The average Bonchev–Trinajstić information content (AvgIpc) is 3.08. The van der Waals surface area contributed by atoms with Crippen LogP contribution in [0.25, 0.3) is 11.0 Å². The number of hydrogen-bond acceptors (Lipinski definition) is 5. The van der Waals surface area contributed by atoms with E-state index in [1.165, 1.54) is 10.5 Å². The van der Waals surface area contributed by atoms with E-state index in [1.807, 2.05) is 18.2 Å². The van der Waals surface area contributed by atoms with Gasteiger partial charge in [-0.1, -0.05) is 0 Å². The maximum Gasteiger partial charge on any atom is 0.336 e. The van der Waals surface area contributed by atoms with Crippen molar-refractivity contribution in [1.82, 2.24) is 0 Å². The number of nitrogens with one attached hydrogen (secondary N) is 1. The van der Waals surface area contributed by atoms with E-state index >= 15 is 0 Å². The lowest BCUT2D eigenvalue weighted by atomic mass is 10.0. The number of hydrogen-bond donors (Lipinski definition) is 1. The summed E-state index contributed by atoms with van der Waals surface area (Å²) < 4.78 is 22.4. The van der Waals surface area contributed by atoms with Gasteiger partial charge < -0.3 is 23.5 Å². The Morgan fingerprint density at radius 2 is 1.90 bits per heavy atom. The molecule has 0 aliphatic carbocycles. The highest BCUT2D eigenvalue weighted by Gasteiger charge is 2.31. The Labute approximate surface area is 175 Å². The van der Waals surface area contributed by atoms with Crippen molar-refractivity contribution in [3.05, 3.63) is 64.0 Å². The topological polar surface area (TPSA) is 62.3 Å². The molecule has 156 valence electrons. The molecule has 6 nitrogen and oxygen atoms in total. The van der Waals surface area contributed by atoms with E-state index in [4.69, 9.17) is 18.6 Å². The highest BCUT2D eigenvalue weighted by atomic mass is 16.5. The number of ether oxygens (including phenoxy) is 3. The fourth-order valence-corrected chi connectivity index (χ4v) is 4.65. The number of rotatable bonds is 4. The van der Waals surface area contributed by atoms with Gasteiger partial charge in [-0.25, -0.2) is 4.79 Å². The van der Waals surface area contributed by atoms with Gasteiger partial charge >= 0.3 is 5.63 Å². The van der Waals surface area contributed by atoms with E-state index in [0.717, 1.165) is 54.8 Å². The first-order valence-corrected chi connectivity index (χ1v) is 10.6. The smallest absolute Gasteiger partial charge is 0.336 e. The summed E-state index contributed by atoms with van der Waals surface area (Å²) in [7, 11) is 1.61. The summed E-state index contributed by atoms with van der Waals surface area (Å²) in [5.41, 5.74) is 2.53. The number of methoxy groups -OCH3 is 1. The third-order valence-corrected chi connectivity index (χ3v) is 6.11. The van der Waals surface area contributed by atoms with Gasteiger partial charge in [-0.2, -0.15) is 0 Å². The van der Waals surface area contributed by atoms with Crippen LogP contribution in [0.4, 0.5) is 0 Å². The van der Waals surface area contributed by atoms with Crippen LogP contribution in [-0.4, -0.2) is 26.9 Å². The Morgan fingerprint density at radius 3 is 2.77 bits per heavy atom. The molecule has 0 bridgehead atoms. The van der Waals surface area contributed by atoms with Crippen LogP contribution in [0.15, 0.2) is 51.7 Å². The van der Waals surface area contributed by atoms with Crippen LogP contribution in [0.3, 0.4) is 0 Å². The Bertz CT molecular complexity index is 1120. The third kappa shape index (κ3) is 3.63. The van der Waals surface area contributed by atoms with Crippen molar-refractivity contribution in [3.8, 4) is 17.2 Å². The van der Waals surface area contributed by atoms with E-state index in [-0.39, 0.29) is 5.63 Å². The highest BCUT2D eigenvalue weighted by molar-refractivity contribution is 5.81. The SMILES string of the molecule is COc1ccc2c(C[NH+]3CCC[C@@H]3c3ccc4c(c3)OCCCO4)cc(=O)oc2c1. The molecular weight excluding hydrogens is 382 g/mol. The zero-order valence-corrected chi connectivity index (χ0v) is 17.1. The van der Waals surface area contributed by atoms with Gasteiger partial charge in [0.25, 0.3) is 0 Å². The molecule has 30 heavy (non-hydrogen) atoms. The largest absolute Gasteiger partial charge is 0.497 e. The molecule has 1 fully saturated rings. The predicted octanol–water partition coefficient (Wildman–Crippen LogP) is 2.88. The normalized spacial score (nSPS) is 20.8. The Morgan fingerprint density at radius 1 is 1.03 bits per heavy atom. The number of benzene rings is 2. The molecule has 1 saturated heterocycles. The predicted molar refractivity (Wildman–Crippen MR) is 113 cm³/mol. The van der Waals surface area contributed by atoms with Gasteiger partial charge in [0, 0.05) is 47.9 Å². The molecule has 0 radical (unpaired) electrons. The van der Waals surface area contributed by atoms with E-state index in [2.05, 4.69) is 12.1 Å². The molecule has 3 heterocycles. The quantitative estimate of drug-likeness (QED) is 0.673. The van der Waals surface area contributed by atoms with Gasteiger partial charge in [-0.15, -0.1) is 0 Å². The third-order valence-electron chi connectivity index (χ3n) is 6.11. The first-order valence-electron chi connectivity index (χ1n) is 10.6. The molecule has 2 aliphatic rings. The highest BCUT2D eigenvalue weighted by Crippen LogP contribution is 2.33. The summed E-state index contributed by atoms with van der Waals surface area (Å²) >= 11 is 0. The van der Waals surface area contributed by atoms with Gasteiger partial charge in [-0.3, -0.25) is 0 Å². The van der Waals surface area contributed by atoms with Gasteiger partial charge in [0.1, 0.15) is 23.9 Å². The fourth-order valence-electron chi connectivity index (χ4n) is 4.65. The van der Waals surface area contributed by atoms with Gasteiger partial charge in [0.15, 0.2) is 11.5 Å². The number of likely N-dealkylation sites (tertiary alicyclic amines) is 1. The molecule has 3 aromatic rings. The van der Waals surface area contributed by atoms with Crippen LogP contribution in [-0.2, 0) is 6.54 Å². The summed E-state index contributed by atoms with van der Waals surface area (Å²) in [4.78, 5) is 13.6. The summed E-state index contributed by atoms with van der Waals surface area (Å²) in [6, 6.07) is 14.0. The second-order valence-electron chi connectivity index (χ2n) is 7.99. The van der Waals surface area contributed by atoms with E-state index in [1.54, 1.807) is 19.2 Å². The summed E-state index contributed by atoms with van der Waals surface area (Å²) in [6.07, 6.45) is 3.17. The lowest BCUT2D eigenvalue weighted by Gasteiger charge is -2.23. The lowest BCUT2D eigenvalue weighted by molar-refractivity contribution is -0.931. The van der Waals surface area contributed by atoms with Gasteiger partial charge in [0.2, 0.25) is 0 Å². The van der Waals surface area contributed by atoms with Crippen molar-refractivity contribution in [1.29, 1.82) is 0 Å². The Kier molecular flexibility index (Phi) is 5.09. The number of fused-ring (bicyclic) bond motifs is 2. The van der Waals surface area contributed by atoms with Crippen LogP contribution in [0.5, 0.6) is 17.2 Å². The summed E-state index contributed by atoms with van der Waals surface area (Å²) in [6.45, 7) is 3.22. The van der Waals surface area contributed by atoms with Crippen molar-refractivity contribution >= 4 is 11.0 Å². The van der Waals surface area contributed by atoms with Crippen LogP contribution < -0.4 is 24.7 Å². The Hall–Kier alpha value is -2.99. The first-order chi connectivity index (χ1) is 14.7. The zero-order chi connectivity index (χ0) is 20.5. The molecule has 2 aromatic carbocycles. The molecule has 2 atom stereocenters. The maximum absolute atomic E-state index is 12.2. The monoisotopic (exact) mass is 408 g/mol. The minimum absolute atomic E-state index is 0.323. The van der Waals surface area contributed by atoms with Crippen molar-refractivity contribution in [3.63, 3.8) is 0 Å². The fraction of sp³-hybridized carbons (Fsp3) is 0.375. The minimum Gasteiger partial charge on any atom is -0.497 e. The second-order valence-corrected chi connectivity index (χ2v) is 7.99. The second kappa shape index (κ2) is 8.03. The average molecular weight is 408 g/mol.